The van der Waals surface area contributed by atoms with Crippen molar-refractivity contribution in [3.05, 3.63) is 60.2 Å². The van der Waals surface area contributed by atoms with E-state index in [1.54, 1.807) is 13.0 Å². The molecule has 0 aliphatic heterocycles. The molecule has 0 bridgehead atoms. The Morgan fingerprint density at radius 1 is 1.11 bits per heavy atom. The van der Waals surface area contributed by atoms with Gasteiger partial charge in [0.25, 0.3) is 5.91 Å². The fourth-order valence-corrected chi connectivity index (χ4v) is 1.82. The highest BCUT2D eigenvalue weighted by Crippen LogP contribution is 2.19. The molecule has 2 rings (SSSR count). The molecule has 0 saturated carbocycles. The summed E-state index contributed by atoms with van der Waals surface area (Å²) < 4.78 is 0. The summed E-state index contributed by atoms with van der Waals surface area (Å²) >= 11 is 0. The van der Waals surface area contributed by atoms with Crippen LogP contribution in [0.15, 0.2) is 54.6 Å². The summed E-state index contributed by atoms with van der Waals surface area (Å²) in [5.41, 5.74) is 2.68. The summed E-state index contributed by atoms with van der Waals surface area (Å²) in [6.45, 7) is 1.70. The van der Waals surface area contributed by atoms with Gasteiger partial charge in [0.1, 0.15) is 0 Å². The van der Waals surface area contributed by atoms with E-state index in [0.717, 1.165) is 11.1 Å². The second-order valence-corrected chi connectivity index (χ2v) is 4.50. The first kappa shape index (κ1) is 13.3. The van der Waals surface area contributed by atoms with Crippen molar-refractivity contribution in [2.75, 3.05) is 6.61 Å². The lowest BCUT2D eigenvalue weighted by atomic mass is 10.0. The molecular weight excluding hydrogens is 238 g/mol. The van der Waals surface area contributed by atoms with Crippen LogP contribution in [-0.4, -0.2) is 23.7 Å². The molecule has 0 radical (unpaired) electrons. The third-order valence-electron chi connectivity index (χ3n) is 2.88. The molecule has 0 saturated heterocycles. The third-order valence-corrected chi connectivity index (χ3v) is 2.88. The van der Waals surface area contributed by atoms with Gasteiger partial charge < -0.3 is 10.4 Å². The SMILES string of the molecule is CC(CO)NC(=O)c1cccc(-c2ccccc2)c1. The van der Waals surface area contributed by atoms with Crippen molar-refractivity contribution < 1.29 is 9.90 Å². The van der Waals surface area contributed by atoms with Crippen LogP contribution in [0, 0.1) is 0 Å². The summed E-state index contributed by atoms with van der Waals surface area (Å²) in [6, 6.07) is 17.1. The van der Waals surface area contributed by atoms with Gasteiger partial charge in [0.2, 0.25) is 0 Å². The Morgan fingerprint density at radius 2 is 1.79 bits per heavy atom. The molecule has 0 spiro atoms. The molecule has 2 N–H and O–H groups in total. The van der Waals surface area contributed by atoms with Crippen LogP contribution in [0.4, 0.5) is 0 Å². The van der Waals surface area contributed by atoms with E-state index >= 15 is 0 Å². The molecule has 0 fully saturated rings. The minimum absolute atomic E-state index is 0.0654. The van der Waals surface area contributed by atoms with E-state index in [-0.39, 0.29) is 18.6 Å². The lowest BCUT2D eigenvalue weighted by molar-refractivity contribution is 0.0922. The molecule has 0 heterocycles. The molecule has 1 unspecified atom stereocenters. The summed E-state index contributed by atoms with van der Waals surface area (Å²) in [6.07, 6.45) is 0. The van der Waals surface area contributed by atoms with Crippen LogP contribution in [-0.2, 0) is 0 Å². The zero-order valence-corrected chi connectivity index (χ0v) is 10.8. The minimum Gasteiger partial charge on any atom is -0.394 e. The van der Waals surface area contributed by atoms with Crippen LogP contribution in [0.1, 0.15) is 17.3 Å². The minimum atomic E-state index is -0.243. The van der Waals surface area contributed by atoms with Crippen LogP contribution in [0.25, 0.3) is 11.1 Å². The van der Waals surface area contributed by atoms with Gasteiger partial charge in [-0.25, -0.2) is 0 Å². The average Bonchev–Trinajstić information content (AvgIpc) is 2.48. The number of nitrogens with one attached hydrogen (secondary N) is 1. The van der Waals surface area contributed by atoms with E-state index in [9.17, 15) is 4.79 Å². The molecule has 98 valence electrons. The Hall–Kier alpha value is -2.13. The van der Waals surface area contributed by atoms with Crippen molar-refractivity contribution in [3.63, 3.8) is 0 Å². The predicted octanol–water partition coefficient (Wildman–Crippen LogP) is 2.46. The van der Waals surface area contributed by atoms with Crippen molar-refractivity contribution in [2.45, 2.75) is 13.0 Å². The molecule has 0 aliphatic rings. The van der Waals surface area contributed by atoms with Gasteiger partial charge in [0, 0.05) is 11.6 Å². The van der Waals surface area contributed by atoms with Gasteiger partial charge in [-0.2, -0.15) is 0 Å². The van der Waals surface area contributed by atoms with Gasteiger partial charge in [-0.3, -0.25) is 4.79 Å². The van der Waals surface area contributed by atoms with E-state index in [2.05, 4.69) is 5.32 Å². The van der Waals surface area contributed by atoms with E-state index in [1.165, 1.54) is 0 Å². The van der Waals surface area contributed by atoms with Crippen LogP contribution >= 0.6 is 0 Å². The van der Waals surface area contributed by atoms with E-state index < -0.39 is 0 Å². The quantitative estimate of drug-likeness (QED) is 0.881. The van der Waals surface area contributed by atoms with E-state index in [0.29, 0.717) is 5.56 Å². The number of aliphatic hydroxyl groups excluding tert-OH is 1. The number of hydrogen-bond donors (Lipinski definition) is 2. The number of benzene rings is 2. The maximum Gasteiger partial charge on any atom is 0.251 e. The number of rotatable bonds is 4. The van der Waals surface area contributed by atoms with Gasteiger partial charge in [0.15, 0.2) is 0 Å². The van der Waals surface area contributed by atoms with Crippen molar-refractivity contribution in [1.82, 2.24) is 5.32 Å². The van der Waals surface area contributed by atoms with Gasteiger partial charge in [-0.1, -0.05) is 42.5 Å². The maximum absolute atomic E-state index is 12.0. The fraction of sp³-hybridized carbons (Fsp3) is 0.188. The summed E-state index contributed by atoms with van der Waals surface area (Å²) in [5.74, 6) is -0.167. The number of aliphatic hydroxyl groups is 1. The predicted molar refractivity (Wildman–Crippen MR) is 75.9 cm³/mol. The van der Waals surface area contributed by atoms with Crippen molar-refractivity contribution >= 4 is 5.91 Å². The third kappa shape index (κ3) is 3.42. The highest BCUT2D eigenvalue weighted by atomic mass is 16.3. The highest BCUT2D eigenvalue weighted by Gasteiger charge is 2.09. The molecular formula is C16H17NO2. The van der Waals surface area contributed by atoms with Crippen LogP contribution in [0.3, 0.4) is 0 Å². The number of carbonyl (C=O) groups excluding carboxylic acids is 1. The Kier molecular flexibility index (Phi) is 4.31. The van der Waals surface area contributed by atoms with Gasteiger partial charge in [-0.05, 0) is 30.2 Å². The second-order valence-electron chi connectivity index (χ2n) is 4.50. The summed E-state index contributed by atoms with van der Waals surface area (Å²) in [5, 5.41) is 11.7. The molecule has 1 atom stereocenters. The Morgan fingerprint density at radius 3 is 2.47 bits per heavy atom. The molecule has 0 aliphatic carbocycles. The first-order valence-corrected chi connectivity index (χ1v) is 6.28. The molecule has 2 aromatic carbocycles. The lowest BCUT2D eigenvalue weighted by Crippen LogP contribution is -2.34. The first-order valence-electron chi connectivity index (χ1n) is 6.28. The maximum atomic E-state index is 12.0. The Bertz CT molecular complexity index is 552. The second kappa shape index (κ2) is 6.16. The van der Waals surface area contributed by atoms with E-state index in [1.807, 2.05) is 48.5 Å². The van der Waals surface area contributed by atoms with Gasteiger partial charge in [0.05, 0.1) is 6.61 Å². The first-order chi connectivity index (χ1) is 9.20. The van der Waals surface area contributed by atoms with Crippen molar-refractivity contribution in [3.8, 4) is 11.1 Å². The monoisotopic (exact) mass is 255 g/mol. The molecule has 2 aromatic rings. The van der Waals surface area contributed by atoms with Gasteiger partial charge >= 0.3 is 0 Å². The molecule has 0 aromatic heterocycles. The number of amides is 1. The highest BCUT2D eigenvalue weighted by molar-refractivity contribution is 5.95. The summed E-state index contributed by atoms with van der Waals surface area (Å²) in [4.78, 5) is 12.0. The zero-order chi connectivity index (χ0) is 13.7. The topological polar surface area (TPSA) is 49.3 Å². The summed E-state index contributed by atoms with van der Waals surface area (Å²) in [7, 11) is 0. The normalized spacial score (nSPS) is 11.9. The largest absolute Gasteiger partial charge is 0.394 e. The smallest absolute Gasteiger partial charge is 0.251 e. The fourth-order valence-electron chi connectivity index (χ4n) is 1.82. The molecule has 1 amide bonds. The Labute approximate surface area is 112 Å². The standard InChI is InChI=1S/C16H17NO2/c1-12(11-18)17-16(19)15-9-5-8-14(10-15)13-6-3-2-4-7-13/h2-10,12,18H,11H2,1H3,(H,17,19). The van der Waals surface area contributed by atoms with Crippen molar-refractivity contribution in [1.29, 1.82) is 0 Å². The Balaban J connectivity index is 2.23. The number of carbonyl (C=O) groups is 1. The number of hydrogen-bond acceptors (Lipinski definition) is 2. The zero-order valence-electron chi connectivity index (χ0n) is 10.8. The van der Waals surface area contributed by atoms with Crippen LogP contribution in [0.5, 0.6) is 0 Å². The lowest BCUT2D eigenvalue weighted by Gasteiger charge is -2.11. The van der Waals surface area contributed by atoms with Crippen LogP contribution < -0.4 is 5.32 Å². The molecule has 3 heteroatoms. The average molecular weight is 255 g/mol. The molecule has 3 nitrogen and oxygen atoms in total. The van der Waals surface area contributed by atoms with Crippen LogP contribution in [0.2, 0.25) is 0 Å². The van der Waals surface area contributed by atoms with Gasteiger partial charge in [-0.15, -0.1) is 0 Å². The van der Waals surface area contributed by atoms with E-state index in [4.69, 9.17) is 5.11 Å². The molecule has 19 heavy (non-hydrogen) atoms. The van der Waals surface area contributed by atoms with Crippen molar-refractivity contribution in [2.24, 2.45) is 0 Å².